The molecule has 6 heteroatoms. The number of fused-ring (bicyclic) bond motifs is 1. The Labute approximate surface area is 130 Å². The van der Waals surface area contributed by atoms with Gasteiger partial charge in [-0.2, -0.15) is 9.78 Å². The van der Waals surface area contributed by atoms with Crippen LogP contribution in [0.5, 0.6) is 0 Å². The minimum Gasteiger partial charge on any atom is -0.378 e. The van der Waals surface area contributed by atoms with Gasteiger partial charge in [0.15, 0.2) is 0 Å². The van der Waals surface area contributed by atoms with Gasteiger partial charge in [-0.05, 0) is 31.4 Å². The maximum Gasteiger partial charge on any atom is 0.215 e. The van der Waals surface area contributed by atoms with Crippen LogP contribution in [0.4, 0.5) is 11.5 Å². The summed E-state index contributed by atoms with van der Waals surface area (Å²) in [4.78, 5) is 2.07. The second kappa shape index (κ2) is 5.71. The van der Waals surface area contributed by atoms with E-state index in [2.05, 4.69) is 33.5 Å². The van der Waals surface area contributed by atoms with Crippen LogP contribution < -0.4 is 16.0 Å². The summed E-state index contributed by atoms with van der Waals surface area (Å²) >= 11 is 0. The first-order valence-electron chi connectivity index (χ1n) is 7.56. The first-order valence-corrected chi connectivity index (χ1v) is 7.56. The largest absolute Gasteiger partial charge is 0.378 e. The van der Waals surface area contributed by atoms with Gasteiger partial charge in [-0.1, -0.05) is 12.1 Å². The van der Waals surface area contributed by atoms with Crippen LogP contribution in [0.1, 0.15) is 18.4 Å². The van der Waals surface area contributed by atoms with Crippen LogP contribution in [-0.2, 0) is 6.42 Å². The lowest BCUT2D eigenvalue weighted by Crippen LogP contribution is -2.24. The number of nitrogens with two attached hydrogens (primary N) is 1. The fraction of sp³-hybridized carbons (Fsp3) is 0.375. The van der Waals surface area contributed by atoms with E-state index in [1.54, 1.807) is 0 Å². The van der Waals surface area contributed by atoms with E-state index in [4.69, 9.17) is 11.1 Å². The molecular formula is C16H22N6. The van der Waals surface area contributed by atoms with Gasteiger partial charge in [0, 0.05) is 37.5 Å². The average Bonchev–Trinajstić information content (AvgIpc) is 2.70. The molecule has 0 atom stereocenters. The molecule has 3 rings (SSSR count). The minimum absolute atomic E-state index is 0.0549. The van der Waals surface area contributed by atoms with E-state index in [9.17, 15) is 0 Å². The number of nitrogens with zero attached hydrogens (tertiary/aromatic N) is 3. The zero-order chi connectivity index (χ0) is 15.7. The van der Waals surface area contributed by atoms with Crippen molar-refractivity contribution in [2.75, 3.05) is 30.9 Å². The van der Waals surface area contributed by atoms with Crippen molar-refractivity contribution >= 4 is 17.5 Å². The molecule has 1 aliphatic rings. The SMILES string of the molecule is CN(C)c1cccc(-c2nn(C(=N)N)c3c2CCCCN3)c1. The standard InChI is InChI=1S/C16H22N6/c1-21(2)12-7-5-6-11(10-12)14-13-8-3-4-9-19-15(13)22(20-14)16(17)18/h5-7,10,19H,3-4,8-9H2,1-2H3,(H3,17,18). The van der Waals surface area contributed by atoms with Gasteiger partial charge in [-0.25, -0.2) is 0 Å². The fourth-order valence-electron chi connectivity index (χ4n) is 2.84. The summed E-state index contributed by atoms with van der Waals surface area (Å²) in [6.45, 7) is 0.892. The molecule has 22 heavy (non-hydrogen) atoms. The first kappa shape index (κ1) is 14.4. The molecule has 1 aromatic heterocycles. The van der Waals surface area contributed by atoms with Crippen LogP contribution in [0.2, 0.25) is 0 Å². The van der Waals surface area contributed by atoms with E-state index in [0.29, 0.717) is 0 Å². The van der Waals surface area contributed by atoms with Crippen LogP contribution in [-0.4, -0.2) is 36.4 Å². The van der Waals surface area contributed by atoms with Crippen LogP contribution in [0.3, 0.4) is 0 Å². The Morgan fingerprint density at radius 1 is 1.36 bits per heavy atom. The maximum absolute atomic E-state index is 7.76. The van der Waals surface area contributed by atoms with Gasteiger partial charge in [0.1, 0.15) is 5.82 Å². The molecule has 0 spiro atoms. The third-order valence-electron chi connectivity index (χ3n) is 3.99. The predicted octanol–water partition coefficient (Wildman–Crippen LogP) is 2.11. The second-order valence-electron chi connectivity index (χ2n) is 5.80. The summed E-state index contributed by atoms with van der Waals surface area (Å²) < 4.78 is 1.51. The van der Waals surface area contributed by atoms with Crippen molar-refractivity contribution in [1.82, 2.24) is 9.78 Å². The van der Waals surface area contributed by atoms with Crippen molar-refractivity contribution < 1.29 is 0 Å². The molecule has 0 bridgehead atoms. The Morgan fingerprint density at radius 3 is 2.91 bits per heavy atom. The Kier molecular flexibility index (Phi) is 3.75. The predicted molar refractivity (Wildman–Crippen MR) is 90.7 cm³/mol. The van der Waals surface area contributed by atoms with Crippen molar-refractivity contribution in [3.05, 3.63) is 29.8 Å². The average molecular weight is 298 g/mol. The van der Waals surface area contributed by atoms with Gasteiger partial charge in [0.05, 0.1) is 5.69 Å². The van der Waals surface area contributed by atoms with Crippen molar-refractivity contribution in [2.45, 2.75) is 19.3 Å². The minimum atomic E-state index is -0.0549. The lowest BCUT2D eigenvalue weighted by Gasteiger charge is -2.13. The summed E-state index contributed by atoms with van der Waals surface area (Å²) in [7, 11) is 4.05. The molecule has 0 aliphatic carbocycles. The Hall–Kier alpha value is -2.50. The Bertz CT molecular complexity index is 701. The molecule has 2 heterocycles. The van der Waals surface area contributed by atoms with Crippen LogP contribution >= 0.6 is 0 Å². The fourth-order valence-corrected chi connectivity index (χ4v) is 2.84. The summed E-state index contributed by atoms with van der Waals surface area (Å²) in [6, 6.07) is 8.29. The quantitative estimate of drug-likeness (QED) is 0.586. The molecule has 6 nitrogen and oxygen atoms in total. The molecule has 0 amide bonds. The summed E-state index contributed by atoms with van der Waals surface area (Å²) in [5.41, 5.74) is 9.96. The number of nitrogens with one attached hydrogen (secondary N) is 2. The molecule has 4 N–H and O–H groups in total. The van der Waals surface area contributed by atoms with Crippen molar-refractivity contribution in [3.8, 4) is 11.3 Å². The van der Waals surface area contributed by atoms with Crippen LogP contribution in [0, 0.1) is 5.41 Å². The monoisotopic (exact) mass is 298 g/mol. The number of nitrogen functional groups attached to an aromatic ring is 1. The number of hydrogen-bond donors (Lipinski definition) is 3. The van der Waals surface area contributed by atoms with Gasteiger partial charge >= 0.3 is 0 Å². The molecule has 0 radical (unpaired) electrons. The maximum atomic E-state index is 7.76. The van der Waals surface area contributed by atoms with Gasteiger partial charge in [-0.15, -0.1) is 0 Å². The van der Waals surface area contributed by atoms with Gasteiger partial charge < -0.3 is 16.0 Å². The molecule has 0 saturated heterocycles. The number of benzene rings is 1. The molecular weight excluding hydrogens is 276 g/mol. The van der Waals surface area contributed by atoms with E-state index in [0.717, 1.165) is 54.1 Å². The van der Waals surface area contributed by atoms with Crippen LogP contribution in [0.25, 0.3) is 11.3 Å². The van der Waals surface area contributed by atoms with Crippen molar-refractivity contribution in [1.29, 1.82) is 5.41 Å². The van der Waals surface area contributed by atoms with Crippen LogP contribution in [0.15, 0.2) is 24.3 Å². The molecule has 0 saturated carbocycles. The van der Waals surface area contributed by atoms with E-state index < -0.39 is 0 Å². The summed E-state index contributed by atoms with van der Waals surface area (Å²) in [5, 5.41) is 15.7. The van der Waals surface area contributed by atoms with Gasteiger partial charge in [-0.3, -0.25) is 5.41 Å². The highest BCUT2D eigenvalue weighted by molar-refractivity contribution is 5.84. The molecule has 0 fully saturated rings. The summed E-state index contributed by atoms with van der Waals surface area (Å²) in [6.07, 6.45) is 3.19. The highest BCUT2D eigenvalue weighted by Gasteiger charge is 2.22. The third-order valence-corrected chi connectivity index (χ3v) is 3.99. The zero-order valence-corrected chi connectivity index (χ0v) is 13.1. The normalized spacial score (nSPS) is 13.9. The van der Waals surface area contributed by atoms with Crippen molar-refractivity contribution in [3.63, 3.8) is 0 Å². The molecule has 1 aliphatic heterocycles. The van der Waals surface area contributed by atoms with E-state index in [1.807, 2.05) is 20.2 Å². The highest BCUT2D eigenvalue weighted by Crippen LogP contribution is 2.33. The van der Waals surface area contributed by atoms with E-state index in [-0.39, 0.29) is 5.96 Å². The smallest absolute Gasteiger partial charge is 0.215 e. The molecule has 2 aromatic rings. The summed E-state index contributed by atoms with van der Waals surface area (Å²) in [5.74, 6) is 0.816. The topological polar surface area (TPSA) is 83.0 Å². The number of rotatable bonds is 2. The van der Waals surface area contributed by atoms with E-state index >= 15 is 0 Å². The lowest BCUT2D eigenvalue weighted by atomic mass is 10.0. The molecule has 116 valence electrons. The number of aromatic nitrogens is 2. The number of hydrogen-bond acceptors (Lipinski definition) is 4. The Balaban J connectivity index is 2.14. The number of anilines is 2. The first-order chi connectivity index (χ1) is 10.6. The third kappa shape index (κ3) is 2.52. The highest BCUT2D eigenvalue weighted by atomic mass is 15.4. The zero-order valence-electron chi connectivity index (χ0n) is 13.1. The lowest BCUT2D eigenvalue weighted by molar-refractivity contribution is 0.781. The van der Waals surface area contributed by atoms with E-state index in [1.165, 1.54) is 4.68 Å². The second-order valence-corrected chi connectivity index (χ2v) is 5.80. The van der Waals surface area contributed by atoms with Crippen molar-refractivity contribution in [2.24, 2.45) is 5.73 Å². The van der Waals surface area contributed by atoms with Gasteiger partial charge in [0.2, 0.25) is 5.96 Å². The van der Waals surface area contributed by atoms with Gasteiger partial charge in [0.25, 0.3) is 0 Å². The Morgan fingerprint density at radius 2 is 2.18 bits per heavy atom. The molecule has 0 unspecified atom stereocenters. The molecule has 1 aromatic carbocycles.